The summed E-state index contributed by atoms with van der Waals surface area (Å²) in [6.07, 6.45) is 2.76. The van der Waals surface area contributed by atoms with Crippen LogP contribution in [0.1, 0.15) is 78.9 Å². The quantitative estimate of drug-likeness (QED) is 0.624. The lowest BCUT2D eigenvalue weighted by Crippen LogP contribution is -2.27. The molecule has 168 valence electrons. The molecule has 0 unspecified atom stereocenters. The minimum atomic E-state index is -0.483. The number of amides is 2. The molecule has 3 N–H and O–H groups in total. The second-order valence-electron chi connectivity index (χ2n) is 9.91. The van der Waals surface area contributed by atoms with Crippen molar-refractivity contribution < 1.29 is 14.3 Å². The Balaban J connectivity index is 1.76. The van der Waals surface area contributed by atoms with E-state index in [1.165, 1.54) is 11.3 Å². The van der Waals surface area contributed by atoms with Gasteiger partial charge < -0.3 is 15.8 Å². The summed E-state index contributed by atoms with van der Waals surface area (Å²) in [5, 5.41) is 3.44. The van der Waals surface area contributed by atoms with Crippen LogP contribution in [-0.4, -0.2) is 18.4 Å². The minimum absolute atomic E-state index is 0.117. The van der Waals surface area contributed by atoms with Gasteiger partial charge in [0.1, 0.15) is 10.8 Å². The number of nitrogens with two attached hydrogens (primary N) is 1. The molecule has 2 amide bonds. The molecule has 5 nitrogen and oxygen atoms in total. The molecule has 1 atom stereocenters. The summed E-state index contributed by atoms with van der Waals surface area (Å²) < 4.78 is 5.85. The molecular weight excluding hydrogens is 408 g/mol. The van der Waals surface area contributed by atoms with Crippen LogP contribution in [0.25, 0.3) is 0 Å². The molecule has 1 aliphatic carbocycles. The van der Waals surface area contributed by atoms with E-state index < -0.39 is 5.91 Å². The predicted octanol–water partition coefficient (Wildman–Crippen LogP) is 5.45. The lowest BCUT2D eigenvalue weighted by molar-refractivity contribution is -0.118. The van der Waals surface area contributed by atoms with Gasteiger partial charge in [0.15, 0.2) is 6.61 Å². The summed E-state index contributed by atoms with van der Waals surface area (Å²) in [6.45, 7) is 12.8. The van der Waals surface area contributed by atoms with Crippen LogP contribution >= 0.6 is 11.3 Å². The first-order valence-corrected chi connectivity index (χ1v) is 11.8. The van der Waals surface area contributed by atoms with Crippen molar-refractivity contribution in [3.05, 3.63) is 45.3 Å². The number of nitrogens with one attached hydrogen (secondary N) is 1. The van der Waals surface area contributed by atoms with Crippen molar-refractivity contribution in [3.8, 4) is 5.75 Å². The molecule has 0 radical (unpaired) electrons. The van der Waals surface area contributed by atoms with Crippen LogP contribution in [0.2, 0.25) is 0 Å². The number of hydrogen-bond acceptors (Lipinski definition) is 4. The highest BCUT2D eigenvalue weighted by Crippen LogP contribution is 2.44. The zero-order valence-corrected chi connectivity index (χ0v) is 20.2. The fraction of sp³-hybridized carbons (Fsp3) is 0.520. The molecule has 31 heavy (non-hydrogen) atoms. The first kappa shape index (κ1) is 23.3. The number of primary amides is 1. The molecule has 2 aromatic rings. The molecule has 1 aromatic carbocycles. The molecule has 3 rings (SSSR count). The van der Waals surface area contributed by atoms with E-state index in [1.54, 1.807) is 0 Å². The van der Waals surface area contributed by atoms with Crippen LogP contribution in [0.15, 0.2) is 18.2 Å². The Kier molecular flexibility index (Phi) is 6.79. The van der Waals surface area contributed by atoms with Crippen LogP contribution in [0.5, 0.6) is 5.75 Å². The van der Waals surface area contributed by atoms with Crippen molar-refractivity contribution in [2.24, 2.45) is 17.1 Å². The maximum absolute atomic E-state index is 12.7. The van der Waals surface area contributed by atoms with Crippen molar-refractivity contribution in [1.29, 1.82) is 0 Å². The summed E-state index contributed by atoms with van der Waals surface area (Å²) in [6, 6.07) is 6.04. The molecular formula is C25H34N2O3S. The number of thiophene rings is 1. The van der Waals surface area contributed by atoms with E-state index in [0.717, 1.165) is 46.6 Å². The Bertz CT molecular complexity index is 985. The number of carbonyl (C=O) groups excluding carboxylic acids is 2. The Morgan fingerprint density at radius 1 is 1.29 bits per heavy atom. The molecule has 0 saturated heterocycles. The van der Waals surface area contributed by atoms with Crippen LogP contribution in [0.4, 0.5) is 5.00 Å². The zero-order valence-electron chi connectivity index (χ0n) is 19.4. The lowest BCUT2D eigenvalue weighted by atomic mass is 9.72. The van der Waals surface area contributed by atoms with Crippen LogP contribution in [0.3, 0.4) is 0 Å². The third kappa shape index (κ3) is 5.29. The Morgan fingerprint density at radius 3 is 2.61 bits per heavy atom. The first-order valence-electron chi connectivity index (χ1n) is 10.9. The summed E-state index contributed by atoms with van der Waals surface area (Å²) in [4.78, 5) is 26.0. The van der Waals surface area contributed by atoms with Gasteiger partial charge in [0.25, 0.3) is 11.8 Å². The Labute approximate surface area is 189 Å². The fourth-order valence-corrected chi connectivity index (χ4v) is 5.57. The fourth-order valence-electron chi connectivity index (χ4n) is 4.22. The lowest BCUT2D eigenvalue weighted by Gasteiger charge is -2.33. The molecule has 0 saturated carbocycles. The number of carbonyl (C=O) groups is 2. The summed E-state index contributed by atoms with van der Waals surface area (Å²) in [7, 11) is 0. The first-order chi connectivity index (χ1) is 14.5. The SMILES string of the molecule is Cc1ccc(C(C)C)c(OCC(=O)Nc2sc3c(c2C(N)=O)CC[C@@H](C(C)(C)C)C3)c1. The Morgan fingerprint density at radius 2 is 2.00 bits per heavy atom. The van der Waals surface area contributed by atoms with Crippen molar-refractivity contribution in [2.75, 3.05) is 11.9 Å². The second kappa shape index (κ2) is 9.03. The summed E-state index contributed by atoms with van der Waals surface area (Å²) >= 11 is 1.48. The topological polar surface area (TPSA) is 81.4 Å². The van der Waals surface area contributed by atoms with E-state index in [2.05, 4.69) is 39.9 Å². The highest BCUT2D eigenvalue weighted by Gasteiger charge is 2.33. The van der Waals surface area contributed by atoms with Crippen molar-refractivity contribution >= 4 is 28.2 Å². The maximum Gasteiger partial charge on any atom is 0.262 e. The van der Waals surface area contributed by atoms with E-state index >= 15 is 0 Å². The number of aryl methyl sites for hydroxylation is 1. The van der Waals surface area contributed by atoms with Gasteiger partial charge in [0.05, 0.1) is 5.56 Å². The Hall–Kier alpha value is -2.34. The van der Waals surface area contributed by atoms with Crippen molar-refractivity contribution in [2.45, 2.75) is 66.7 Å². The monoisotopic (exact) mass is 442 g/mol. The zero-order chi connectivity index (χ0) is 22.9. The van der Waals surface area contributed by atoms with E-state index in [-0.39, 0.29) is 17.9 Å². The van der Waals surface area contributed by atoms with Gasteiger partial charge in [-0.25, -0.2) is 0 Å². The average molecular weight is 443 g/mol. The number of anilines is 1. The number of ether oxygens (including phenoxy) is 1. The molecule has 1 aromatic heterocycles. The van der Waals surface area contributed by atoms with Gasteiger partial charge in [0, 0.05) is 4.88 Å². The summed E-state index contributed by atoms with van der Waals surface area (Å²) in [5.41, 5.74) is 9.53. The summed E-state index contributed by atoms with van der Waals surface area (Å²) in [5.74, 6) is 0.786. The molecule has 0 bridgehead atoms. The predicted molar refractivity (Wildman–Crippen MR) is 127 cm³/mol. The smallest absolute Gasteiger partial charge is 0.262 e. The van der Waals surface area contributed by atoms with E-state index in [9.17, 15) is 9.59 Å². The standard InChI is InChI=1S/C25H34N2O3S/c1-14(2)17-9-7-15(3)11-19(17)30-13-21(28)27-24-22(23(26)29)18-10-8-16(25(4,5)6)12-20(18)31-24/h7,9,11,14,16H,8,10,12-13H2,1-6H3,(H2,26,29)(H,27,28)/t16-/m1/s1. The van der Waals surface area contributed by atoms with E-state index in [4.69, 9.17) is 10.5 Å². The van der Waals surface area contributed by atoms with Crippen LogP contribution in [0, 0.1) is 18.3 Å². The van der Waals surface area contributed by atoms with Gasteiger partial charge in [-0.15, -0.1) is 11.3 Å². The van der Waals surface area contributed by atoms with Gasteiger partial charge in [-0.1, -0.05) is 46.8 Å². The second-order valence-corrected chi connectivity index (χ2v) is 11.0. The van der Waals surface area contributed by atoms with E-state index in [1.807, 2.05) is 25.1 Å². The van der Waals surface area contributed by atoms with Gasteiger partial charge in [0.2, 0.25) is 0 Å². The van der Waals surface area contributed by atoms with Gasteiger partial charge in [-0.2, -0.15) is 0 Å². The minimum Gasteiger partial charge on any atom is -0.483 e. The number of benzene rings is 1. The molecule has 0 fully saturated rings. The van der Waals surface area contributed by atoms with Gasteiger partial charge in [-0.05, 0) is 66.2 Å². The van der Waals surface area contributed by atoms with Gasteiger partial charge in [-0.3, -0.25) is 9.59 Å². The number of rotatable bonds is 6. The third-order valence-electron chi connectivity index (χ3n) is 6.14. The number of hydrogen-bond donors (Lipinski definition) is 2. The van der Waals surface area contributed by atoms with E-state index in [0.29, 0.717) is 22.4 Å². The van der Waals surface area contributed by atoms with Crippen LogP contribution < -0.4 is 15.8 Å². The largest absolute Gasteiger partial charge is 0.483 e. The average Bonchev–Trinajstić information content (AvgIpc) is 3.02. The normalized spacial score (nSPS) is 16.2. The maximum atomic E-state index is 12.7. The molecule has 1 heterocycles. The molecule has 6 heteroatoms. The molecule has 0 aliphatic heterocycles. The van der Waals surface area contributed by atoms with Crippen LogP contribution in [-0.2, 0) is 17.6 Å². The highest BCUT2D eigenvalue weighted by atomic mass is 32.1. The van der Waals surface area contributed by atoms with Crippen molar-refractivity contribution in [3.63, 3.8) is 0 Å². The molecule has 0 spiro atoms. The van der Waals surface area contributed by atoms with Gasteiger partial charge >= 0.3 is 0 Å². The highest BCUT2D eigenvalue weighted by molar-refractivity contribution is 7.17. The third-order valence-corrected chi connectivity index (χ3v) is 7.31. The number of fused-ring (bicyclic) bond motifs is 1. The molecule has 1 aliphatic rings. The van der Waals surface area contributed by atoms with Crippen molar-refractivity contribution in [1.82, 2.24) is 0 Å².